The molecule has 0 rings (SSSR count). The Bertz CT molecular complexity index is 236. The van der Waals surface area contributed by atoms with Crippen LogP contribution in [-0.2, 0) is 4.79 Å². The summed E-state index contributed by atoms with van der Waals surface area (Å²) >= 11 is 1.71. The fraction of sp³-hybridized carbons (Fsp3) is 0.800. The molecule has 0 bridgehead atoms. The molecule has 2 atom stereocenters. The Hall–Kier alpha value is -0.910. The Morgan fingerprint density at radius 2 is 2.00 bits per heavy atom. The summed E-state index contributed by atoms with van der Waals surface area (Å²) in [6.07, 6.45) is 3.25. The van der Waals surface area contributed by atoms with Gasteiger partial charge in [0.1, 0.15) is 6.04 Å². The quantitative estimate of drug-likeness (QED) is 0.634. The van der Waals surface area contributed by atoms with Crippen LogP contribution < -0.4 is 10.6 Å². The van der Waals surface area contributed by atoms with Crippen LogP contribution in [-0.4, -0.2) is 41.2 Å². The van der Waals surface area contributed by atoms with Gasteiger partial charge < -0.3 is 15.7 Å². The third-order valence-electron chi connectivity index (χ3n) is 2.14. The molecular formula is C10H20N2O3S. The van der Waals surface area contributed by atoms with E-state index in [1.54, 1.807) is 18.7 Å². The number of rotatable bonds is 7. The number of carboxylic acid groups (broad SMARTS) is 1. The Morgan fingerprint density at radius 3 is 2.44 bits per heavy atom. The second kappa shape index (κ2) is 8.27. The number of thioether (sulfide) groups is 1. The van der Waals surface area contributed by atoms with Crippen LogP contribution in [0.4, 0.5) is 4.79 Å². The van der Waals surface area contributed by atoms with Crippen molar-refractivity contribution in [1.82, 2.24) is 10.6 Å². The minimum Gasteiger partial charge on any atom is -0.480 e. The molecule has 0 heterocycles. The van der Waals surface area contributed by atoms with E-state index in [0.29, 0.717) is 6.42 Å². The monoisotopic (exact) mass is 248 g/mol. The summed E-state index contributed by atoms with van der Waals surface area (Å²) in [7, 11) is 0. The van der Waals surface area contributed by atoms with Gasteiger partial charge in [-0.3, -0.25) is 0 Å². The maximum Gasteiger partial charge on any atom is 0.326 e. The highest BCUT2D eigenvalue weighted by Gasteiger charge is 2.17. The molecule has 1 unspecified atom stereocenters. The second-order valence-corrected chi connectivity index (χ2v) is 4.58. The number of carbonyl (C=O) groups is 2. The van der Waals surface area contributed by atoms with Gasteiger partial charge in [0, 0.05) is 6.04 Å². The molecule has 0 saturated carbocycles. The maximum absolute atomic E-state index is 11.4. The minimum absolute atomic E-state index is 0.0544. The average molecular weight is 248 g/mol. The standard InChI is InChI=1S/C10H20N2O3S/c1-4-8(9(13)14)12-10(15)11-7(2)5-6-16-3/h7-8H,4-6H2,1-3H3,(H,13,14)(H2,11,12,15)/t7?,8-/m1/s1. The van der Waals surface area contributed by atoms with Gasteiger partial charge in [0.15, 0.2) is 0 Å². The second-order valence-electron chi connectivity index (χ2n) is 3.60. The number of carboxylic acids is 1. The molecule has 0 aliphatic heterocycles. The predicted molar refractivity (Wildman–Crippen MR) is 65.8 cm³/mol. The lowest BCUT2D eigenvalue weighted by molar-refractivity contribution is -0.139. The topological polar surface area (TPSA) is 78.4 Å². The van der Waals surface area contributed by atoms with E-state index >= 15 is 0 Å². The fourth-order valence-electron chi connectivity index (χ4n) is 1.13. The van der Waals surface area contributed by atoms with Crippen molar-refractivity contribution in [2.45, 2.75) is 38.8 Å². The van der Waals surface area contributed by atoms with E-state index in [-0.39, 0.29) is 6.04 Å². The first-order valence-corrected chi connectivity index (χ1v) is 6.69. The summed E-state index contributed by atoms with van der Waals surface area (Å²) < 4.78 is 0. The molecule has 0 radical (unpaired) electrons. The van der Waals surface area contributed by atoms with E-state index in [1.807, 2.05) is 13.2 Å². The Balaban J connectivity index is 3.92. The fourth-order valence-corrected chi connectivity index (χ4v) is 1.72. The van der Waals surface area contributed by atoms with Crippen molar-refractivity contribution in [2.24, 2.45) is 0 Å². The van der Waals surface area contributed by atoms with Crippen molar-refractivity contribution in [3.8, 4) is 0 Å². The molecule has 94 valence electrons. The summed E-state index contributed by atoms with van der Waals surface area (Å²) in [5, 5.41) is 13.9. The molecular weight excluding hydrogens is 228 g/mol. The Labute approximate surface area is 100 Å². The van der Waals surface area contributed by atoms with E-state index in [1.165, 1.54) is 0 Å². The van der Waals surface area contributed by atoms with Crippen molar-refractivity contribution in [2.75, 3.05) is 12.0 Å². The highest BCUT2D eigenvalue weighted by atomic mass is 32.2. The molecule has 0 aliphatic rings. The Kier molecular flexibility index (Phi) is 7.80. The van der Waals surface area contributed by atoms with Gasteiger partial charge in [-0.25, -0.2) is 9.59 Å². The normalized spacial score (nSPS) is 13.9. The lowest BCUT2D eigenvalue weighted by Gasteiger charge is -2.17. The minimum atomic E-state index is -1.01. The molecule has 0 spiro atoms. The summed E-state index contributed by atoms with van der Waals surface area (Å²) in [5.74, 6) is -0.0353. The van der Waals surface area contributed by atoms with Gasteiger partial charge in [-0.15, -0.1) is 0 Å². The van der Waals surface area contributed by atoms with Crippen LogP contribution in [0.2, 0.25) is 0 Å². The van der Waals surface area contributed by atoms with E-state index in [4.69, 9.17) is 5.11 Å². The highest BCUT2D eigenvalue weighted by Crippen LogP contribution is 1.99. The van der Waals surface area contributed by atoms with Gasteiger partial charge in [0.2, 0.25) is 0 Å². The third kappa shape index (κ3) is 6.55. The molecule has 3 N–H and O–H groups in total. The van der Waals surface area contributed by atoms with E-state index in [2.05, 4.69) is 10.6 Å². The van der Waals surface area contributed by atoms with Crippen molar-refractivity contribution in [3.05, 3.63) is 0 Å². The lowest BCUT2D eigenvalue weighted by Crippen LogP contribution is -2.48. The first-order valence-electron chi connectivity index (χ1n) is 5.30. The van der Waals surface area contributed by atoms with Gasteiger partial charge in [0.25, 0.3) is 0 Å². The Morgan fingerprint density at radius 1 is 1.38 bits per heavy atom. The van der Waals surface area contributed by atoms with E-state index in [0.717, 1.165) is 12.2 Å². The summed E-state index contributed by atoms with van der Waals surface area (Å²) in [6.45, 7) is 3.62. The summed E-state index contributed by atoms with van der Waals surface area (Å²) in [6, 6.07) is -1.17. The van der Waals surface area contributed by atoms with Gasteiger partial charge in [-0.2, -0.15) is 11.8 Å². The van der Waals surface area contributed by atoms with Crippen molar-refractivity contribution >= 4 is 23.8 Å². The van der Waals surface area contributed by atoms with Crippen LogP contribution >= 0.6 is 11.8 Å². The van der Waals surface area contributed by atoms with Crippen molar-refractivity contribution < 1.29 is 14.7 Å². The largest absolute Gasteiger partial charge is 0.480 e. The van der Waals surface area contributed by atoms with Crippen LogP contribution in [0.5, 0.6) is 0 Å². The van der Waals surface area contributed by atoms with Crippen LogP contribution in [0.1, 0.15) is 26.7 Å². The number of aliphatic carboxylic acids is 1. The molecule has 0 aromatic carbocycles. The van der Waals surface area contributed by atoms with E-state index in [9.17, 15) is 9.59 Å². The summed E-state index contributed by atoms with van der Waals surface area (Å²) in [5.41, 5.74) is 0. The van der Waals surface area contributed by atoms with Crippen LogP contribution in [0, 0.1) is 0 Å². The third-order valence-corrected chi connectivity index (χ3v) is 2.79. The van der Waals surface area contributed by atoms with Gasteiger partial charge >= 0.3 is 12.0 Å². The highest BCUT2D eigenvalue weighted by molar-refractivity contribution is 7.98. The first kappa shape index (κ1) is 15.1. The number of urea groups is 1. The molecule has 0 aromatic heterocycles. The van der Waals surface area contributed by atoms with Crippen LogP contribution in [0.15, 0.2) is 0 Å². The maximum atomic E-state index is 11.4. The van der Waals surface area contributed by atoms with Gasteiger partial charge in [0.05, 0.1) is 0 Å². The molecule has 16 heavy (non-hydrogen) atoms. The van der Waals surface area contributed by atoms with Crippen LogP contribution in [0.25, 0.3) is 0 Å². The number of carbonyl (C=O) groups excluding carboxylic acids is 1. The number of nitrogens with one attached hydrogen (secondary N) is 2. The zero-order valence-corrected chi connectivity index (χ0v) is 10.8. The zero-order chi connectivity index (χ0) is 12.6. The average Bonchev–Trinajstić information content (AvgIpc) is 2.22. The van der Waals surface area contributed by atoms with Gasteiger partial charge in [-0.1, -0.05) is 6.92 Å². The molecule has 0 fully saturated rings. The zero-order valence-electron chi connectivity index (χ0n) is 9.95. The summed E-state index contributed by atoms with van der Waals surface area (Å²) in [4.78, 5) is 22.1. The molecule has 0 aromatic rings. The number of amides is 2. The molecule has 0 aliphatic carbocycles. The number of hydrogen-bond donors (Lipinski definition) is 3. The molecule has 5 nitrogen and oxygen atoms in total. The van der Waals surface area contributed by atoms with Crippen molar-refractivity contribution in [1.29, 1.82) is 0 Å². The van der Waals surface area contributed by atoms with Crippen LogP contribution in [0.3, 0.4) is 0 Å². The van der Waals surface area contributed by atoms with Gasteiger partial charge in [-0.05, 0) is 31.8 Å². The first-order chi connectivity index (χ1) is 7.51. The number of hydrogen-bond acceptors (Lipinski definition) is 3. The SMILES string of the molecule is CC[C@@H](NC(=O)NC(C)CCSC)C(=O)O. The predicted octanol–water partition coefficient (Wildman–Crippen LogP) is 1.29. The molecule has 0 saturated heterocycles. The van der Waals surface area contributed by atoms with E-state index < -0.39 is 18.0 Å². The lowest BCUT2D eigenvalue weighted by atomic mass is 10.2. The molecule has 6 heteroatoms. The van der Waals surface area contributed by atoms with Crippen molar-refractivity contribution in [3.63, 3.8) is 0 Å². The molecule has 2 amide bonds. The smallest absolute Gasteiger partial charge is 0.326 e.